The lowest BCUT2D eigenvalue weighted by Gasteiger charge is -2.33. The molecular formula is C27H28Cl3N3O4S. The van der Waals surface area contributed by atoms with Crippen molar-refractivity contribution in [2.75, 3.05) is 24.2 Å². The fourth-order valence-corrected chi connectivity index (χ4v) is 5.57. The molecule has 7 nitrogen and oxygen atoms in total. The molecule has 38 heavy (non-hydrogen) atoms. The first-order valence-corrected chi connectivity index (χ1v) is 14.6. The maximum Gasteiger partial charge on any atom is 0.244 e. The van der Waals surface area contributed by atoms with Crippen molar-refractivity contribution in [3.05, 3.63) is 98.5 Å². The Morgan fingerprint density at radius 2 is 1.53 bits per heavy atom. The molecule has 0 fully saturated rings. The fraction of sp³-hybridized carbons (Fsp3) is 0.259. The highest BCUT2D eigenvalue weighted by molar-refractivity contribution is 7.92. The molecule has 0 aliphatic heterocycles. The third-order valence-electron chi connectivity index (χ3n) is 5.89. The van der Waals surface area contributed by atoms with Crippen molar-refractivity contribution >= 4 is 62.3 Å². The molecule has 0 heterocycles. The summed E-state index contributed by atoms with van der Waals surface area (Å²) >= 11 is 18.5. The van der Waals surface area contributed by atoms with E-state index in [4.69, 9.17) is 34.8 Å². The predicted octanol–water partition coefficient (Wildman–Crippen LogP) is 5.11. The van der Waals surface area contributed by atoms with Crippen molar-refractivity contribution in [2.45, 2.75) is 25.9 Å². The van der Waals surface area contributed by atoms with Crippen molar-refractivity contribution in [1.29, 1.82) is 0 Å². The topological polar surface area (TPSA) is 86.8 Å². The fourth-order valence-electron chi connectivity index (χ4n) is 4.03. The Hall–Kier alpha value is -2.78. The highest BCUT2D eigenvalue weighted by atomic mass is 35.5. The molecule has 202 valence electrons. The summed E-state index contributed by atoms with van der Waals surface area (Å²) in [4.78, 5) is 28.4. The first-order chi connectivity index (χ1) is 17.9. The minimum absolute atomic E-state index is 0.00646. The summed E-state index contributed by atoms with van der Waals surface area (Å²) in [5.41, 5.74) is 2.62. The number of carbonyl (C=O) groups excluding carboxylic acids is 2. The average molecular weight is 597 g/mol. The monoisotopic (exact) mass is 595 g/mol. The number of nitrogens with zero attached hydrogens (tertiary/aromatic N) is 2. The van der Waals surface area contributed by atoms with E-state index in [-0.39, 0.29) is 39.6 Å². The molecule has 0 bridgehead atoms. The molecule has 2 amide bonds. The lowest BCUT2D eigenvalue weighted by Crippen LogP contribution is -2.52. The van der Waals surface area contributed by atoms with Crippen LogP contribution in [0.2, 0.25) is 15.1 Å². The Kier molecular flexibility index (Phi) is 10.1. The minimum Gasteiger partial charge on any atom is -0.357 e. The number of likely N-dealkylation sites (N-methyl/N-ethyl adjacent to an activating group) is 1. The number of amides is 2. The van der Waals surface area contributed by atoms with Gasteiger partial charge in [-0.25, -0.2) is 8.42 Å². The van der Waals surface area contributed by atoms with Gasteiger partial charge < -0.3 is 10.2 Å². The molecule has 3 aromatic rings. The van der Waals surface area contributed by atoms with Crippen molar-refractivity contribution in [1.82, 2.24) is 10.2 Å². The van der Waals surface area contributed by atoms with Crippen LogP contribution in [0.3, 0.4) is 0 Å². The maximum absolute atomic E-state index is 13.9. The largest absolute Gasteiger partial charge is 0.357 e. The molecule has 0 aliphatic carbocycles. The number of carbonyl (C=O) groups is 2. The molecule has 0 aromatic heterocycles. The number of rotatable bonds is 10. The number of hydrogen-bond acceptors (Lipinski definition) is 4. The molecule has 0 saturated heterocycles. The van der Waals surface area contributed by atoms with Crippen LogP contribution >= 0.6 is 34.8 Å². The van der Waals surface area contributed by atoms with Crippen molar-refractivity contribution in [3.63, 3.8) is 0 Å². The van der Waals surface area contributed by atoms with Crippen LogP contribution in [0.15, 0.2) is 66.7 Å². The molecule has 0 saturated carbocycles. The average Bonchev–Trinajstić information content (AvgIpc) is 2.86. The van der Waals surface area contributed by atoms with Crippen LogP contribution < -0.4 is 9.62 Å². The van der Waals surface area contributed by atoms with Crippen molar-refractivity contribution in [3.8, 4) is 0 Å². The second kappa shape index (κ2) is 12.8. The van der Waals surface area contributed by atoms with E-state index in [1.54, 1.807) is 0 Å². The van der Waals surface area contributed by atoms with E-state index in [0.717, 1.165) is 27.3 Å². The first-order valence-electron chi connectivity index (χ1n) is 11.6. The van der Waals surface area contributed by atoms with Crippen LogP contribution in [0.4, 0.5) is 5.69 Å². The van der Waals surface area contributed by atoms with Crippen LogP contribution in [0.5, 0.6) is 0 Å². The minimum atomic E-state index is -3.99. The number of benzene rings is 3. The quantitative estimate of drug-likeness (QED) is 0.330. The van der Waals surface area contributed by atoms with Crippen LogP contribution in [0, 0.1) is 6.92 Å². The molecule has 1 atom stereocenters. The Balaban J connectivity index is 2.07. The van der Waals surface area contributed by atoms with Crippen LogP contribution in [-0.2, 0) is 32.6 Å². The van der Waals surface area contributed by atoms with Crippen LogP contribution in [0.25, 0.3) is 0 Å². The second-order valence-electron chi connectivity index (χ2n) is 8.82. The molecule has 0 radical (unpaired) electrons. The van der Waals surface area contributed by atoms with Gasteiger partial charge in [0.25, 0.3) is 0 Å². The molecule has 3 rings (SSSR count). The van der Waals surface area contributed by atoms with E-state index in [9.17, 15) is 18.0 Å². The van der Waals surface area contributed by atoms with Crippen LogP contribution in [-0.4, -0.2) is 51.0 Å². The van der Waals surface area contributed by atoms with Gasteiger partial charge >= 0.3 is 0 Å². The van der Waals surface area contributed by atoms with Gasteiger partial charge in [-0.15, -0.1) is 0 Å². The van der Waals surface area contributed by atoms with Gasteiger partial charge in [0.05, 0.1) is 27.0 Å². The highest BCUT2D eigenvalue weighted by Gasteiger charge is 2.33. The maximum atomic E-state index is 13.9. The van der Waals surface area contributed by atoms with Crippen molar-refractivity contribution in [2.24, 2.45) is 0 Å². The summed E-state index contributed by atoms with van der Waals surface area (Å²) in [5, 5.41) is 2.87. The van der Waals surface area contributed by atoms with Gasteiger partial charge in [0.15, 0.2) is 0 Å². The normalized spacial score (nSPS) is 12.1. The van der Waals surface area contributed by atoms with E-state index >= 15 is 0 Å². The van der Waals surface area contributed by atoms with Gasteiger partial charge in [-0.2, -0.15) is 0 Å². The van der Waals surface area contributed by atoms with E-state index in [1.165, 1.54) is 24.1 Å². The Morgan fingerprint density at radius 3 is 2.13 bits per heavy atom. The van der Waals surface area contributed by atoms with E-state index in [2.05, 4.69) is 5.32 Å². The summed E-state index contributed by atoms with van der Waals surface area (Å²) in [6.45, 7) is 1.40. The summed E-state index contributed by atoms with van der Waals surface area (Å²) in [7, 11) is -2.50. The zero-order valence-corrected chi connectivity index (χ0v) is 24.2. The summed E-state index contributed by atoms with van der Waals surface area (Å²) in [5.74, 6) is -0.975. The van der Waals surface area contributed by atoms with Gasteiger partial charge in [0.2, 0.25) is 21.8 Å². The van der Waals surface area contributed by atoms with Gasteiger partial charge in [-0.1, -0.05) is 95.0 Å². The molecule has 3 aromatic carbocycles. The highest BCUT2D eigenvalue weighted by Crippen LogP contribution is 2.35. The number of aryl methyl sites for hydroxylation is 1. The summed E-state index contributed by atoms with van der Waals surface area (Å²) in [6.07, 6.45) is 1.19. The van der Waals surface area contributed by atoms with Gasteiger partial charge in [0.1, 0.15) is 12.6 Å². The van der Waals surface area contributed by atoms with E-state index < -0.39 is 28.5 Å². The molecule has 1 N–H and O–H groups in total. The van der Waals surface area contributed by atoms with Crippen molar-refractivity contribution < 1.29 is 18.0 Å². The third-order valence-corrected chi connectivity index (χ3v) is 8.04. The van der Waals surface area contributed by atoms with E-state index in [1.807, 2.05) is 61.5 Å². The standard InChI is InChI=1S/C27H28Cl3N3O4S/c1-18-8-7-11-20(12-18)16-32(25(27(35)31-2)13-19-9-5-4-6-10-19)26(34)17-33(38(3,36)37)24-15-22(29)21(28)14-23(24)30/h4-12,14-15,25H,13,16-17H2,1-3H3,(H,31,35). The number of hydrogen-bond donors (Lipinski definition) is 1. The van der Waals surface area contributed by atoms with Gasteiger partial charge in [0, 0.05) is 20.0 Å². The van der Waals surface area contributed by atoms with Gasteiger partial charge in [-0.3, -0.25) is 13.9 Å². The van der Waals surface area contributed by atoms with Gasteiger partial charge in [-0.05, 0) is 30.2 Å². The first kappa shape index (κ1) is 29.8. The number of halogens is 3. The number of sulfonamides is 1. The summed E-state index contributed by atoms with van der Waals surface area (Å²) < 4.78 is 26.5. The van der Waals surface area contributed by atoms with E-state index in [0.29, 0.717) is 0 Å². The zero-order valence-electron chi connectivity index (χ0n) is 21.1. The Labute approximate surface area is 238 Å². The number of anilines is 1. The molecule has 11 heteroatoms. The predicted molar refractivity (Wildman–Crippen MR) is 153 cm³/mol. The molecular weight excluding hydrogens is 569 g/mol. The molecule has 0 spiro atoms. The summed E-state index contributed by atoms with van der Waals surface area (Å²) in [6, 6.07) is 18.5. The SMILES string of the molecule is CNC(=O)C(Cc1ccccc1)N(Cc1cccc(C)c1)C(=O)CN(c1cc(Cl)c(Cl)cc1Cl)S(C)(=O)=O. The molecule has 0 aliphatic rings. The second-order valence-corrected chi connectivity index (χ2v) is 11.9. The Bertz CT molecular complexity index is 1420. The molecule has 1 unspecified atom stereocenters. The lowest BCUT2D eigenvalue weighted by molar-refractivity contribution is -0.139. The third kappa shape index (κ3) is 7.63. The van der Waals surface area contributed by atoms with Crippen LogP contribution in [0.1, 0.15) is 16.7 Å². The lowest BCUT2D eigenvalue weighted by atomic mass is 10.0. The zero-order chi connectivity index (χ0) is 28.0. The number of nitrogens with one attached hydrogen (secondary N) is 1. The smallest absolute Gasteiger partial charge is 0.244 e. The Morgan fingerprint density at radius 1 is 0.895 bits per heavy atom.